The molecular formula is C10H19NOS. The first-order valence-corrected chi connectivity index (χ1v) is 5.77. The number of thiol groups is 1. The smallest absolute Gasteiger partial charge is 0.229 e. The maximum absolute atomic E-state index is 11.2. The van der Waals surface area contributed by atoms with Gasteiger partial charge in [0.25, 0.3) is 0 Å². The summed E-state index contributed by atoms with van der Waals surface area (Å²) in [4.78, 5) is 11.2. The normalized spacial score (nSPS) is 29.4. The van der Waals surface area contributed by atoms with Gasteiger partial charge in [-0.2, -0.15) is 12.6 Å². The molecule has 1 fully saturated rings. The monoisotopic (exact) mass is 201 g/mol. The van der Waals surface area contributed by atoms with Gasteiger partial charge in [0.15, 0.2) is 0 Å². The molecule has 2 unspecified atom stereocenters. The number of hydrogen-bond donors (Lipinski definition) is 2. The maximum atomic E-state index is 11.2. The van der Waals surface area contributed by atoms with E-state index in [9.17, 15) is 4.79 Å². The lowest BCUT2D eigenvalue weighted by molar-refractivity contribution is -0.119. The third kappa shape index (κ3) is 3.59. The highest BCUT2D eigenvalue weighted by Gasteiger charge is 2.20. The fourth-order valence-electron chi connectivity index (χ4n) is 1.96. The molecule has 0 bridgehead atoms. The first kappa shape index (κ1) is 10.9. The molecule has 1 aliphatic rings. The average molecular weight is 201 g/mol. The summed E-state index contributed by atoms with van der Waals surface area (Å²) in [6.45, 7) is 2.23. The molecule has 3 heteroatoms. The molecule has 0 aromatic carbocycles. The Morgan fingerprint density at radius 3 is 2.77 bits per heavy atom. The van der Waals surface area contributed by atoms with Crippen LogP contribution in [0.25, 0.3) is 0 Å². The zero-order valence-corrected chi connectivity index (χ0v) is 9.15. The summed E-state index contributed by atoms with van der Waals surface area (Å²) in [6.07, 6.45) is 6.27. The van der Waals surface area contributed by atoms with Crippen molar-refractivity contribution in [3.05, 3.63) is 0 Å². The van der Waals surface area contributed by atoms with Gasteiger partial charge in [0, 0.05) is 6.04 Å². The van der Waals surface area contributed by atoms with E-state index < -0.39 is 0 Å². The SMILES string of the molecule is CC1CCCCCC1NC(=O)CS. The van der Waals surface area contributed by atoms with Crippen LogP contribution >= 0.6 is 12.6 Å². The van der Waals surface area contributed by atoms with Crippen molar-refractivity contribution in [1.29, 1.82) is 0 Å². The Morgan fingerprint density at radius 2 is 2.08 bits per heavy atom. The largest absolute Gasteiger partial charge is 0.352 e. The molecule has 0 radical (unpaired) electrons. The van der Waals surface area contributed by atoms with E-state index in [1.807, 2.05) is 0 Å². The Balaban J connectivity index is 2.40. The van der Waals surface area contributed by atoms with Crippen LogP contribution < -0.4 is 5.32 Å². The van der Waals surface area contributed by atoms with E-state index in [0.29, 0.717) is 17.7 Å². The van der Waals surface area contributed by atoms with Gasteiger partial charge in [-0.3, -0.25) is 4.79 Å². The van der Waals surface area contributed by atoms with Gasteiger partial charge in [0.1, 0.15) is 0 Å². The fourth-order valence-corrected chi connectivity index (χ4v) is 2.05. The van der Waals surface area contributed by atoms with Crippen molar-refractivity contribution in [2.75, 3.05) is 5.75 Å². The van der Waals surface area contributed by atoms with Gasteiger partial charge in [-0.25, -0.2) is 0 Å². The van der Waals surface area contributed by atoms with Gasteiger partial charge < -0.3 is 5.32 Å². The zero-order chi connectivity index (χ0) is 9.68. The van der Waals surface area contributed by atoms with Crippen LogP contribution in [0.5, 0.6) is 0 Å². The van der Waals surface area contributed by atoms with Crippen molar-refractivity contribution in [1.82, 2.24) is 5.32 Å². The van der Waals surface area contributed by atoms with Crippen LogP contribution in [-0.4, -0.2) is 17.7 Å². The topological polar surface area (TPSA) is 29.1 Å². The number of carbonyl (C=O) groups is 1. The Hall–Kier alpha value is -0.180. The van der Waals surface area contributed by atoms with Gasteiger partial charge in [-0.15, -0.1) is 0 Å². The van der Waals surface area contributed by atoms with Crippen molar-refractivity contribution < 1.29 is 4.79 Å². The van der Waals surface area contributed by atoms with E-state index in [4.69, 9.17) is 0 Å². The molecule has 0 saturated heterocycles. The van der Waals surface area contributed by atoms with E-state index in [2.05, 4.69) is 24.9 Å². The summed E-state index contributed by atoms with van der Waals surface area (Å²) in [5.74, 6) is 1.01. The second kappa shape index (κ2) is 5.53. The predicted molar refractivity (Wildman–Crippen MR) is 58.0 cm³/mol. The lowest BCUT2D eigenvalue weighted by Crippen LogP contribution is -2.39. The Bertz CT molecular complexity index is 172. The highest BCUT2D eigenvalue weighted by Crippen LogP contribution is 2.22. The maximum Gasteiger partial charge on any atom is 0.229 e. The van der Waals surface area contributed by atoms with Crippen LogP contribution in [0.2, 0.25) is 0 Å². The third-order valence-electron chi connectivity index (χ3n) is 2.85. The molecule has 1 amide bonds. The van der Waals surface area contributed by atoms with Crippen molar-refractivity contribution in [2.24, 2.45) is 5.92 Å². The predicted octanol–water partition coefficient (Wildman–Crippen LogP) is 2.00. The third-order valence-corrected chi connectivity index (χ3v) is 3.14. The highest BCUT2D eigenvalue weighted by atomic mass is 32.1. The van der Waals surface area contributed by atoms with Crippen LogP contribution in [0.1, 0.15) is 39.0 Å². The number of hydrogen-bond acceptors (Lipinski definition) is 2. The number of nitrogens with one attached hydrogen (secondary N) is 1. The summed E-state index contributed by atoms with van der Waals surface area (Å²) in [7, 11) is 0. The lowest BCUT2D eigenvalue weighted by atomic mass is 9.97. The van der Waals surface area contributed by atoms with Gasteiger partial charge in [-0.05, 0) is 18.8 Å². The number of carbonyl (C=O) groups excluding carboxylic acids is 1. The van der Waals surface area contributed by atoms with E-state index in [1.165, 1.54) is 25.7 Å². The molecule has 13 heavy (non-hydrogen) atoms. The minimum atomic E-state index is 0.0714. The second-order valence-corrected chi connectivity index (χ2v) is 4.26. The van der Waals surface area contributed by atoms with Crippen molar-refractivity contribution >= 4 is 18.5 Å². The molecule has 1 saturated carbocycles. The molecule has 0 spiro atoms. The summed E-state index contributed by atoms with van der Waals surface area (Å²) < 4.78 is 0. The van der Waals surface area contributed by atoms with Crippen molar-refractivity contribution in [3.63, 3.8) is 0 Å². The molecular weight excluding hydrogens is 182 g/mol. The molecule has 1 aliphatic carbocycles. The molecule has 76 valence electrons. The number of rotatable bonds is 2. The molecule has 2 atom stereocenters. The Labute approximate surface area is 85.9 Å². The zero-order valence-electron chi connectivity index (χ0n) is 8.25. The summed E-state index contributed by atoms with van der Waals surface area (Å²) in [5.41, 5.74) is 0. The highest BCUT2D eigenvalue weighted by molar-refractivity contribution is 7.81. The summed E-state index contributed by atoms with van der Waals surface area (Å²) >= 11 is 3.96. The van der Waals surface area contributed by atoms with E-state index >= 15 is 0 Å². The van der Waals surface area contributed by atoms with Gasteiger partial charge in [-0.1, -0.05) is 26.2 Å². The summed E-state index contributed by atoms with van der Waals surface area (Å²) in [6, 6.07) is 0.391. The second-order valence-electron chi connectivity index (χ2n) is 3.95. The van der Waals surface area contributed by atoms with Crippen LogP contribution in [0.4, 0.5) is 0 Å². The van der Waals surface area contributed by atoms with Crippen LogP contribution in [0.15, 0.2) is 0 Å². The molecule has 0 aliphatic heterocycles. The first-order chi connectivity index (χ1) is 6.24. The molecule has 0 aromatic rings. The molecule has 0 heterocycles. The van der Waals surface area contributed by atoms with Crippen molar-refractivity contribution in [3.8, 4) is 0 Å². The Kier molecular flexibility index (Phi) is 4.64. The van der Waals surface area contributed by atoms with Crippen LogP contribution in [-0.2, 0) is 4.79 Å². The van der Waals surface area contributed by atoms with E-state index in [0.717, 1.165) is 6.42 Å². The molecule has 1 N–H and O–H groups in total. The average Bonchev–Trinajstić information content (AvgIpc) is 2.32. The molecule has 1 rings (SSSR count). The molecule has 2 nitrogen and oxygen atoms in total. The fraction of sp³-hybridized carbons (Fsp3) is 0.900. The quantitative estimate of drug-likeness (QED) is 0.519. The first-order valence-electron chi connectivity index (χ1n) is 5.14. The Morgan fingerprint density at radius 1 is 1.38 bits per heavy atom. The standard InChI is InChI=1S/C10H19NOS/c1-8-5-3-2-4-6-9(8)11-10(12)7-13/h8-9,13H,2-7H2,1H3,(H,11,12). The van der Waals surface area contributed by atoms with Gasteiger partial charge >= 0.3 is 0 Å². The van der Waals surface area contributed by atoms with Crippen molar-refractivity contribution in [2.45, 2.75) is 45.1 Å². The minimum absolute atomic E-state index is 0.0714. The van der Waals surface area contributed by atoms with Gasteiger partial charge in [0.2, 0.25) is 5.91 Å². The lowest BCUT2D eigenvalue weighted by Gasteiger charge is -2.22. The van der Waals surface area contributed by atoms with E-state index in [1.54, 1.807) is 0 Å². The van der Waals surface area contributed by atoms with E-state index in [-0.39, 0.29) is 5.91 Å². The minimum Gasteiger partial charge on any atom is -0.352 e. The van der Waals surface area contributed by atoms with Crippen LogP contribution in [0, 0.1) is 5.92 Å². The summed E-state index contributed by atoms with van der Waals surface area (Å²) in [5, 5.41) is 3.04. The van der Waals surface area contributed by atoms with Gasteiger partial charge in [0.05, 0.1) is 5.75 Å². The van der Waals surface area contributed by atoms with Crippen LogP contribution in [0.3, 0.4) is 0 Å². The number of amides is 1. The molecule has 0 aromatic heterocycles.